The smallest absolute Gasteiger partial charge is 0.191 e. The minimum absolute atomic E-state index is 0.203. The van der Waals surface area contributed by atoms with Gasteiger partial charge in [-0.1, -0.05) is 25.5 Å². The van der Waals surface area contributed by atoms with Crippen molar-refractivity contribution >= 4 is 16.8 Å². The summed E-state index contributed by atoms with van der Waals surface area (Å²) in [6.45, 7) is 4.40. The van der Waals surface area contributed by atoms with E-state index >= 15 is 0 Å². The van der Waals surface area contributed by atoms with Gasteiger partial charge in [0.2, 0.25) is 0 Å². The van der Waals surface area contributed by atoms with Crippen LogP contribution in [0.25, 0.3) is 0 Å². The topological polar surface area (TPSA) is 56.7 Å². The van der Waals surface area contributed by atoms with Crippen LogP contribution in [0.3, 0.4) is 0 Å². The fourth-order valence-corrected chi connectivity index (χ4v) is 4.83. The first-order valence-corrected chi connectivity index (χ1v) is 11.2. The molecule has 3 atom stereocenters. The van der Waals surface area contributed by atoms with E-state index in [2.05, 4.69) is 20.5 Å². The number of hydrogen-bond acceptors (Lipinski definition) is 3. The fourth-order valence-electron chi connectivity index (χ4n) is 3.48. The van der Waals surface area contributed by atoms with Gasteiger partial charge in [-0.15, -0.1) is 0 Å². The van der Waals surface area contributed by atoms with Gasteiger partial charge in [0, 0.05) is 54.5 Å². The Bertz CT molecular complexity index is 623. The molecule has 1 aromatic carbocycles. The van der Waals surface area contributed by atoms with Crippen LogP contribution in [-0.4, -0.2) is 59.3 Å². The molecule has 7 heteroatoms. The predicted octanol–water partition coefficient (Wildman–Crippen LogP) is 2.50. The molecule has 1 aliphatic carbocycles. The van der Waals surface area contributed by atoms with E-state index in [0.29, 0.717) is 11.3 Å². The first kappa shape index (κ1) is 21.8. The van der Waals surface area contributed by atoms with Crippen molar-refractivity contribution in [3.63, 3.8) is 0 Å². The van der Waals surface area contributed by atoms with Crippen molar-refractivity contribution in [2.45, 2.75) is 50.4 Å². The van der Waals surface area contributed by atoms with E-state index in [9.17, 15) is 8.60 Å². The summed E-state index contributed by atoms with van der Waals surface area (Å²) in [5, 5.41) is 7.16. The number of nitrogens with one attached hydrogen (secondary N) is 2. The zero-order valence-corrected chi connectivity index (χ0v) is 17.5. The van der Waals surface area contributed by atoms with Crippen molar-refractivity contribution in [3.8, 4) is 0 Å². The Balaban J connectivity index is 1.72. The first-order valence-electron chi connectivity index (χ1n) is 9.79. The Morgan fingerprint density at radius 2 is 2.07 bits per heavy atom. The van der Waals surface area contributed by atoms with E-state index in [-0.39, 0.29) is 5.82 Å². The van der Waals surface area contributed by atoms with Crippen molar-refractivity contribution in [1.29, 1.82) is 0 Å². The number of halogens is 1. The van der Waals surface area contributed by atoms with E-state index in [1.54, 1.807) is 7.05 Å². The summed E-state index contributed by atoms with van der Waals surface area (Å²) < 4.78 is 25.1. The highest BCUT2D eigenvalue weighted by atomic mass is 32.2. The Labute approximate surface area is 165 Å². The molecule has 0 bridgehead atoms. The maximum absolute atomic E-state index is 13.0. The molecule has 0 saturated heterocycles. The van der Waals surface area contributed by atoms with Crippen LogP contribution in [0.15, 0.2) is 29.3 Å². The highest BCUT2D eigenvalue weighted by Gasteiger charge is 2.25. The average Bonchev–Trinajstić information content (AvgIpc) is 2.68. The second kappa shape index (κ2) is 11.4. The van der Waals surface area contributed by atoms with Crippen LogP contribution in [0.5, 0.6) is 0 Å². The quantitative estimate of drug-likeness (QED) is 0.524. The third-order valence-electron chi connectivity index (χ3n) is 5.00. The van der Waals surface area contributed by atoms with Gasteiger partial charge in [0.1, 0.15) is 5.82 Å². The van der Waals surface area contributed by atoms with Gasteiger partial charge >= 0.3 is 0 Å². The number of likely N-dealkylation sites (N-methyl/N-ethyl adjacent to an activating group) is 1. The molecule has 2 N–H and O–H groups in total. The fraction of sp³-hybridized carbons (Fsp3) is 0.650. The Morgan fingerprint density at radius 1 is 1.33 bits per heavy atom. The van der Waals surface area contributed by atoms with E-state index in [1.165, 1.54) is 12.1 Å². The number of rotatable bonds is 8. The van der Waals surface area contributed by atoms with Gasteiger partial charge in [0.25, 0.3) is 0 Å². The predicted molar refractivity (Wildman–Crippen MR) is 112 cm³/mol. The van der Waals surface area contributed by atoms with Crippen LogP contribution < -0.4 is 10.6 Å². The summed E-state index contributed by atoms with van der Waals surface area (Å²) in [5.74, 6) is 1.34. The van der Waals surface area contributed by atoms with Crippen LogP contribution in [0.1, 0.15) is 38.2 Å². The molecule has 1 fully saturated rings. The van der Waals surface area contributed by atoms with Gasteiger partial charge in [0.05, 0.1) is 0 Å². The molecular weight excluding hydrogens is 363 g/mol. The summed E-state index contributed by atoms with van der Waals surface area (Å²) >= 11 is 0. The highest BCUT2D eigenvalue weighted by Crippen LogP contribution is 2.22. The lowest BCUT2D eigenvalue weighted by Gasteiger charge is -2.30. The molecule has 1 aromatic rings. The molecule has 1 aliphatic rings. The number of benzene rings is 1. The second-order valence-electron chi connectivity index (χ2n) is 7.16. The maximum atomic E-state index is 13.0. The average molecular weight is 397 g/mol. The molecular formula is C20H33FN4OS. The van der Waals surface area contributed by atoms with Gasteiger partial charge in [-0.2, -0.15) is 0 Å². The molecule has 0 aliphatic heterocycles. The Kier molecular flexibility index (Phi) is 9.21. The highest BCUT2D eigenvalue weighted by molar-refractivity contribution is 7.85. The summed E-state index contributed by atoms with van der Waals surface area (Å²) in [5.41, 5.74) is 1.10. The molecule has 0 spiro atoms. The molecule has 2 rings (SSSR count). The van der Waals surface area contributed by atoms with Crippen molar-refractivity contribution in [1.82, 2.24) is 15.5 Å². The third-order valence-corrected chi connectivity index (χ3v) is 6.74. The Hall–Kier alpha value is -1.47. The molecule has 0 heterocycles. The van der Waals surface area contributed by atoms with Gasteiger partial charge in [-0.3, -0.25) is 9.20 Å². The zero-order chi connectivity index (χ0) is 19.6. The van der Waals surface area contributed by atoms with Gasteiger partial charge in [-0.25, -0.2) is 4.39 Å². The molecule has 5 nitrogen and oxygen atoms in total. The van der Waals surface area contributed by atoms with Crippen LogP contribution >= 0.6 is 0 Å². The molecule has 0 amide bonds. The third kappa shape index (κ3) is 7.58. The van der Waals surface area contributed by atoms with Crippen molar-refractivity contribution in [3.05, 3.63) is 35.6 Å². The number of hydrogen-bond donors (Lipinski definition) is 2. The van der Waals surface area contributed by atoms with E-state index in [0.717, 1.165) is 62.6 Å². The first-order chi connectivity index (χ1) is 13.0. The van der Waals surface area contributed by atoms with Gasteiger partial charge < -0.3 is 15.5 Å². The number of guanidine groups is 1. The number of aliphatic imine (C=N–C) groups is 1. The number of nitrogens with zero attached hydrogens (tertiary/aromatic N) is 2. The second-order valence-corrected chi connectivity index (χ2v) is 9.17. The van der Waals surface area contributed by atoms with E-state index in [1.807, 2.05) is 26.1 Å². The van der Waals surface area contributed by atoms with Crippen LogP contribution in [0, 0.1) is 5.82 Å². The lowest BCUT2D eigenvalue weighted by molar-refractivity contribution is 0.330. The lowest BCUT2D eigenvalue weighted by atomic mass is 9.95. The van der Waals surface area contributed by atoms with Crippen molar-refractivity contribution < 1.29 is 8.60 Å². The van der Waals surface area contributed by atoms with Gasteiger partial charge in [-0.05, 0) is 44.0 Å². The maximum Gasteiger partial charge on any atom is 0.191 e. The zero-order valence-electron chi connectivity index (χ0n) is 16.7. The summed E-state index contributed by atoms with van der Waals surface area (Å²) in [4.78, 5) is 6.51. The van der Waals surface area contributed by atoms with Crippen molar-refractivity contribution in [2.75, 3.05) is 32.9 Å². The normalized spacial score (nSPS) is 21.9. The molecule has 152 valence electrons. The Morgan fingerprint density at radius 3 is 2.74 bits per heavy atom. The summed E-state index contributed by atoms with van der Waals surface area (Å²) in [6, 6.07) is 6.97. The standard InChI is InChI=1S/C20H33FN4OS/c1-4-27(26)19-7-5-6-18(14-19)24-20(22-2)23-12-13-25(3)15-16-8-10-17(21)11-9-16/h8-11,18-19H,4-7,12-15H2,1-3H3,(H2,22,23,24). The summed E-state index contributed by atoms with van der Waals surface area (Å²) in [6.07, 6.45) is 4.23. The van der Waals surface area contributed by atoms with E-state index < -0.39 is 10.8 Å². The van der Waals surface area contributed by atoms with Gasteiger partial charge in [0.15, 0.2) is 5.96 Å². The molecule has 27 heavy (non-hydrogen) atoms. The largest absolute Gasteiger partial charge is 0.355 e. The van der Waals surface area contributed by atoms with E-state index in [4.69, 9.17) is 0 Å². The molecule has 3 unspecified atom stereocenters. The van der Waals surface area contributed by atoms with Crippen molar-refractivity contribution in [2.24, 2.45) is 4.99 Å². The van der Waals surface area contributed by atoms with Crippen LogP contribution in [0.2, 0.25) is 0 Å². The molecule has 0 aromatic heterocycles. The molecule has 1 saturated carbocycles. The lowest BCUT2D eigenvalue weighted by Crippen LogP contribution is -2.47. The SMILES string of the molecule is CCS(=O)C1CCCC(NC(=NC)NCCN(C)Cc2ccc(F)cc2)C1. The minimum atomic E-state index is -0.714. The molecule has 0 radical (unpaired) electrons. The van der Waals surface area contributed by atoms with Crippen LogP contribution in [-0.2, 0) is 17.3 Å². The van der Waals surface area contributed by atoms with Crippen LogP contribution in [0.4, 0.5) is 4.39 Å². The summed E-state index contributed by atoms with van der Waals surface area (Å²) in [7, 11) is 3.11. The monoisotopic (exact) mass is 396 g/mol. The minimum Gasteiger partial charge on any atom is -0.355 e.